The Labute approximate surface area is 108 Å². The molecule has 3 nitrogen and oxygen atoms in total. The summed E-state index contributed by atoms with van der Waals surface area (Å²) in [6.45, 7) is 3.54. The van der Waals surface area contributed by atoms with Crippen LogP contribution in [0.1, 0.15) is 18.9 Å². The number of esters is 1. The van der Waals surface area contributed by atoms with Gasteiger partial charge in [0.05, 0.1) is 13.0 Å². The zero-order chi connectivity index (χ0) is 12.5. The number of carbonyl (C=O) groups is 1. The summed E-state index contributed by atoms with van der Waals surface area (Å²) in [5, 5.41) is 0. The van der Waals surface area contributed by atoms with Gasteiger partial charge in [0.1, 0.15) is 6.61 Å². The van der Waals surface area contributed by atoms with E-state index in [-0.39, 0.29) is 5.97 Å². The van der Waals surface area contributed by atoms with Gasteiger partial charge in [-0.1, -0.05) is 19.1 Å². The molecule has 0 unspecified atom stereocenters. The van der Waals surface area contributed by atoms with Gasteiger partial charge in [-0.15, -0.1) is 12.6 Å². The molecule has 0 bridgehead atoms. The van der Waals surface area contributed by atoms with Gasteiger partial charge in [-0.25, -0.2) is 0 Å². The summed E-state index contributed by atoms with van der Waals surface area (Å²) >= 11 is 4.18. The Morgan fingerprint density at radius 2 is 1.88 bits per heavy atom. The predicted octanol–water partition coefficient (Wildman–Crippen LogP) is 2.49. The summed E-state index contributed by atoms with van der Waals surface area (Å²) in [6, 6.07) is 7.46. The fourth-order valence-corrected chi connectivity index (χ4v) is 1.44. The van der Waals surface area contributed by atoms with Crippen LogP contribution in [0.4, 0.5) is 0 Å². The normalized spacial score (nSPS) is 10.2. The highest BCUT2D eigenvalue weighted by Crippen LogP contribution is 2.08. The monoisotopic (exact) mass is 254 g/mol. The van der Waals surface area contributed by atoms with Crippen molar-refractivity contribution in [1.82, 2.24) is 0 Å². The van der Waals surface area contributed by atoms with E-state index in [0.29, 0.717) is 26.2 Å². The standard InChI is InChI=1S/C13H18O3S/c1-2-7-15-8-9-16-13(14)10-11-3-5-12(17)6-4-11/h3-6,17H,2,7-10H2,1H3. The van der Waals surface area contributed by atoms with Crippen LogP contribution in [0.25, 0.3) is 0 Å². The van der Waals surface area contributed by atoms with Gasteiger partial charge < -0.3 is 9.47 Å². The Kier molecular flexibility index (Phi) is 6.74. The van der Waals surface area contributed by atoms with E-state index in [9.17, 15) is 4.79 Å². The predicted molar refractivity (Wildman–Crippen MR) is 69.5 cm³/mol. The molecule has 1 rings (SSSR count). The van der Waals surface area contributed by atoms with Crippen molar-refractivity contribution in [3.05, 3.63) is 29.8 Å². The third kappa shape index (κ3) is 6.34. The molecule has 0 radical (unpaired) electrons. The van der Waals surface area contributed by atoms with E-state index in [4.69, 9.17) is 9.47 Å². The van der Waals surface area contributed by atoms with Crippen LogP contribution in [0.5, 0.6) is 0 Å². The molecule has 0 aliphatic heterocycles. The van der Waals surface area contributed by atoms with Crippen molar-refractivity contribution in [1.29, 1.82) is 0 Å². The minimum absolute atomic E-state index is 0.225. The Morgan fingerprint density at radius 1 is 1.18 bits per heavy atom. The van der Waals surface area contributed by atoms with Crippen LogP contribution in [0, 0.1) is 0 Å². The number of hydrogen-bond acceptors (Lipinski definition) is 4. The first-order valence-electron chi connectivity index (χ1n) is 5.73. The lowest BCUT2D eigenvalue weighted by Gasteiger charge is -2.05. The molecule has 0 spiro atoms. The molecule has 4 heteroatoms. The largest absolute Gasteiger partial charge is 0.463 e. The first-order valence-corrected chi connectivity index (χ1v) is 6.18. The van der Waals surface area contributed by atoms with Gasteiger partial charge in [0, 0.05) is 11.5 Å². The molecule has 0 aromatic heterocycles. The maximum atomic E-state index is 11.4. The van der Waals surface area contributed by atoms with Gasteiger partial charge in [0.25, 0.3) is 0 Å². The minimum atomic E-state index is -0.225. The van der Waals surface area contributed by atoms with E-state index in [1.165, 1.54) is 0 Å². The van der Waals surface area contributed by atoms with E-state index in [2.05, 4.69) is 12.6 Å². The van der Waals surface area contributed by atoms with Gasteiger partial charge in [-0.3, -0.25) is 4.79 Å². The van der Waals surface area contributed by atoms with Crippen LogP contribution in [0.3, 0.4) is 0 Å². The van der Waals surface area contributed by atoms with Crippen molar-refractivity contribution in [2.24, 2.45) is 0 Å². The van der Waals surface area contributed by atoms with Gasteiger partial charge >= 0.3 is 5.97 Å². The quantitative estimate of drug-likeness (QED) is 0.461. The fraction of sp³-hybridized carbons (Fsp3) is 0.462. The maximum Gasteiger partial charge on any atom is 0.310 e. The summed E-state index contributed by atoms with van der Waals surface area (Å²) in [5.41, 5.74) is 0.933. The second-order valence-electron chi connectivity index (χ2n) is 3.68. The highest BCUT2D eigenvalue weighted by molar-refractivity contribution is 7.80. The SMILES string of the molecule is CCCOCCOC(=O)Cc1ccc(S)cc1. The Balaban J connectivity index is 2.18. The van der Waals surface area contributed by atoms with Gasteiger partial charge in [-0.2, -0.15) is 0 Å². The molecular weight excluding hydrogens is 236 g/mol. The Hall–Kier alpha value is -1.00. The van der Waals surface area contributed by atoms with E-state index < -0.39 is 0 Å². The van der Waals surface area contributed by atoms with Crippen LogP contribution in [0.2, 0.25) is 0 Å². The topological polar surface area (TPSA) is 35.5 Å². The number of benzene rings is 1. The number of rotatable bonds is 7. The number of carbonyl (C=O) groups excluding carboxylic acids is 1. The summed E-state index contributed by atoms with van der Waals surface area (Å²) in [5.74, 6) is -0.225. The number of ether oxygens (including phenoxy) is 2. The average molecular weight is 254 g/mol. The van der Waals surface area contributed by atoms with Crippen LogP contribution in [0.15, 0.2) is 29.2 Å². The molecule has 0 saturated carbocycles. The molecular formula is C13H18O3S. The third-order valence-corrected chi connectivity index (χ3v) is 2.42. The Morgan fingerprint density at radius 3 is 2.53 bits per heavy atom. The van der Waals surface area contributed by atoms with Crippen molar-refractivity contribution < 1.29 is 14.3 Å². The third-order valence-electron chi connectivity index (χ3n) is 2.12. The molecule has 0 heterocycles. The zero-order valence-electron chi connectivity index (χ0n) is 10.0. The van der Waals surface area contributed by atoms with Gasteiger partial charge in [-0.05, 0) is 24.1 Å². The molecule has 0 N–H and O–H groups in total. The number of hydrogen-bond donors (Lipinski definition) is 1. The lowest BCUT2D eigenvalue weighted by atomic mass is 10.1. The second kappa shape index (κ2) is 8.14. The molecule has 0 saturated heterocycles. The van der Waals surface area contributed by atoms with Crippen LogP contribution in [-0.4, -0.2) is 25.8 Å². The van der Waals surface area contributed by atoms with E-state index >= 15 is 0 Å². The minimum Gasteiger partial charge on any atom is -0.463 e. The molecule has 0 atom stereocenters. The smallest absolute Gasteiger partial charge is 0.310 e. The van der Waals surface area contributed by atoms with Crippen molar-refractivity contribution in [2.75, 3.05) is 19.8 Å². The maximum absolute atomic E-state index is 11.4. The molecule has 0 amide bonds. The van der Waals surface area contributed by atoms with Crippen LogP contribution >= 0.6 is 12.6 Å². The zero-order valence-corrected chi connectivity index (χ0v) is 10.9. The van der Waals surface area contributed by atoms with Crippen molar-refractivity contribution in [2.45, 2.75) is 24.7 Å². The summed E-state index contributed by atoms with van der Waals surface area (Å²) < 4.78 is 10.3. The van der Waals surface area contributed by atoms with Crippen molar-refractivity contribution >= 4 is 18.6 Å². The second-order valence-corrected chi connectivity index (χ2v) is 4.19. The first kappa shape index (κ1) is 14.1. The van der Waals surface area contributed by atoms with Gasteiger partial charge in [0.2, 0.25) is 0 Å². The molecule has 17 heavy (non-hydrogen) atoms. The highest BCUT2D eigenvalue weighted by atomic mass is 32.1. The van der Waals surface area contributed by atoms with Crippen LogP contribution < -0.4 is 0 Å². The summed E-state index contributed by atoms with van der Waals surface area (Å²) in [7, 11) is 0. The van der Waals surface area contributed by atoms with Gasteiger partial charge in [0.15, 0.2) is 0 Å². The van der Waals surface area contributed by atoms with E-state index in [0.717, 1.165) is 16.9 Å². The lowest BCUT2D eigenvalue weighted by molar-refractivity contribution is -0.144. The van der Waals surface area contributed by atoms with Crippen molar-refractivity contribution in [3.8, 4) is 0 Å². The van der Waals surface area contributed by atoms with Crippen molar-refractivity contribution in [3.63, 3.8) is 0 Å². The molecule has 1 aromatic rings. The molecule has 94 valence electrons. The molecule has 1 aromatic carbocycles. The van der Waals surface area contributed by atoms with Crippen LogP contribution in [-0.2, 0) is 20.7 Å². The van der Waals surface area contributed by atoms with E-state index in [1.54, 1.807) is 0 Å². The first-order chi connectivity index (χ1) is 8.22. The molecule has 0 aliphatic rings. The summed E-state index contributed by atoms with van der Waals surface area (Å²) in [6.07, 6.45) is 1.27. The number of thiol groups is 1. The molecule has 0 fully saturated rings. The summed E-state index contributed by atoms with van der Waals surface area (Å²) in [4.78, 5) is 12.3. The van der Waals surface area contributed by atoms with E-state index in [1.807, 2.05) is 31.2 Å². The molecule has 0 aliphatic carbocycles. The highest BCUT2D eigenvalue weighted by Gasteiger charge is 2.04. The average Bonchev–Trinajstić information content (AvgIpc) is 2.32. The fourth-order valence-electron chi connectivity index (χ4n) is 1.29. The Bertz CT molecular complexity index is 335. The lowest BCUT2D eigenvalue weighted by Crippen LogP contribution is -2.12.